The summed E-state index contributed by atoms with van der Waals surface area (Å²) >= 11 is 0. The second kappa shape index (κ2) is 7.63. The summed E-state index contributed by atoms with van der Waals surface area (Å²) in [6.45, 7) is 2.45. The highest BCUT2D eigenvalue weighted by molar-refractivity contribution is 7.92. The smallest absolute Gasteiger partial charge is 0.261 e. The lowest BCUT2D eigenvalue weighted by atomic mass is 10.2. The first-order valence-electron chi connectivity index (χ1n) is 8.94. The molecule has 0 unspecified atom stereocenters. The highest BCUT2D eigenvalue weighted by atomic mass is 32.2. The Bertz CT molecular complexity index is 1010. The van der Waals surface area contributed by atoms with Gasteiger partial charge < -0.3 is 9.80 Å². The van der Waals surface area contributed by atoms with E-state index in [4.69, 9.17) is 0 Å². The van der Waals surface area contributed by atoms with Crippen LogP contribution in [0.15, 0.2) is 47.4 Å². The van der Waals surface area contributed by atoms with Gasteiger partial charge in [-0.25, -0.2) is 8.42 Å². The molecule has 1 heterocycles. The lowest BCUT2D eigenvalue weighted by Gasteiger charge is -2.19. The molecule has 1 N–H and O–H groups in total. The summed E-state index contributed by atoms with van der Waals surface area (Å²) in [7, 11) is -0.481. The van der Waals surface area contributed by atoms with Crippen LogP contribution in [0.1, 0.15) is 28.8 Å². The van der Waals surface area contributed by atoms with Gasteiger partial charge in [0.1, 0.15) is 0 Å². The van der Waals surface area contributed by atoms with E-state index in [2.05, 4.69) is 4.72 Å². The van der Waals surface area contributed by atoms with Gasteiger partial charge in [0.15, 0.2) is 0 Å². The van der Waals surface area contributed by atoms with Crippen molar-refractivity contribution in [3.05, 3.63) is 53.6 Å². The maximum Gasteiger partial charge on any atom is 0.261 e. The summed E-state index contributed by atoms with van der Waals surface area (Å²) in [5, 5.41) is 0. The first kappa shape index (κ1) is 19.9. The van der Waals surface area contributed by atoms with Crippen LogP contribution in [0.3, 0.4) is 0 Å². The topological polar surface area (TPSA) is 86.8 Å². The average Bonchev–Trinajstić information content (AvgIpc) is 3.07. The minimum absolute atomic E-state index is 0.0594. The molecule has 1 fully saturated rings. The van der Waals surface area contributed by atoms with E-state index in [-0.39, 0.29) is 16.7 Å². The molecule has 1 saturated heterocycles. The van der Waals surface area contributed by atoms with Crippen LogP contribution in [0.4, 0.5) is 11.4 Å². The largest absolute Gasteiger partial charge is 0.345 e. The van der Waals surface area contributed by atoms with Crippen molar-refractivity contribution in [2.24, 2.45) is 0 Å². The quantitative estimate of drug-likeness (QED) is 0.834. The molecule has 0 spiro atoms. The highest BCUT2D eigenvalue weighted by Gasteiger charge is 2.24. The molecule has 2 aromatic rings. The number of rotatable bonds is 5. The van der Waals surface area contributed by atoms with Gasteiger partial charge in [-0.3, -0.25) is 14.3 Å². The predicted molar refractivity (Wildman–Crippen MR) is 108 cm³/mol. The molecule has 0 aliphatic carbocycles. The SMILES string of the molecule is Cc1cc(S(=O)(=O)Nc2ccc(C(=O)N(C)C)cc2)ccc1N1CCCC1=O. The zero-order valence-corrected chi connectivity index (χ0v) is 16.9. The molecule has 1 aliphatic heterocycles. The number of nitrogens with zero attached hydrogens (tertiary/aromatic N) is 2. The Morgan fingerprint density at radius 2 is 1.79 bits per heavy atom. The van der Waals surface area contributed by atoms with Gasteiger partial charge in [-0.1, -0.05) is 0 Å². The second-order valence-corrected chi connectivity index (χ2v) is 8.66. The molecular weight excluding hydrogens is 378 g/mol. The number of aryl methyl sites for hydroxylation is 1. The van der Waals surface area contributed by atoms with Gasteiger partial charge in [-0.15, -0.1) is 0 Å². The third kappa shape index (κ3) is 4.01. The summed E-state index contributed by atoms with van der Waals surface area (Å²) in [5.74, 6) is -0.0960. The molecule has 0 bridgehead atoms. The zero-order valence-electron chi connectivity index (χ0n) is 16.1. The average molecular weight is 401 g/mol. The Labute approximate surface area is 165 Å². The van der Waals surface area contributed by atoms with Crippen LogP contribution < -0.4 is 9.62 Å². The van der Waals surface area contributed by atoms with E-state index in [1.807, 2.05) is 0 Å². The molecule has 3 rings (SSSR count). The third-order valence-corrected chi connectivity index (χ3v) is 6.01. The molecule has 2 aromatic carbocycles. The molecule has 1 aliphatic rings. The first-order chi connectivity index (χ1) is 13.2. The van der Waals surface area contributed by atoms with E-state index in [0.29, 0.717) is 24.2 Å². The lowest BCUT2D eigenvalue weighted by molar-refractivity contribution is -0.117. The number of benzene rings is 2. The summed E-state index contributed by atoms with van der Waals surface area (Å²) in [4.78, 5) is 27.1. The molecule has 28 heavy (non-hydrogen) atoms. The fourth-order valence-electron chi connectivity index (χ4n) is 3.15. The van der Waals surface area contributed by atoms with Gasteiger partial charge in [0, 0.05) is 44.0 Å². The van der Waals surface area contributed by atoms with Crippen molar-refractivity contribution in [2.45, 2.75) is 24.7 Å². The summed E-state index contributed by atoms with van der Waals surface area (Å²) in [6.07, 6.45) is 1.33. The van der Waals surface area contributed by atoms with Crippen molar-refractivity contribution < 1.29 is 18.0 Å². The predicted octanol–water partition coefficient (Wildman–Crippen LogP) is 2.62. The molecule has 8 heteroatoms. The van der Waals surface area contributed by atoms with Crippen molar-refractivity contribution in [1.82, 2.24) is 4.90 Å². The lowest BCUT2D eigenvalue weighted by Crippen LogP contribution is -2.24. The van der Waals surface area contributed by atoms with E-state index in [1.165, 1.54) is 11.0 Å². The minimum Gasteiger partial charge on any atom is -0.345 e. The fourth-order valence-corrected chi connectivity index (χ4v) is 4.30. The van der Waals surface area contributed by atoms with Crippen LogP contribution in [0.5, 0.6) is 0 Å². The zero-order chi connectivity index (χ0) is 20.5. The van der Waals surface area contributed by atoms with Crippen LogP contribution in [-0.2, 0) is 14.8 Å². The Hall–Kier alpha value is -2.87. The number of nitrogens with one attached hydrogen (secondary N) is 1. The number of anilines is 2. The van der Waals surface area contributed by atoms with E-state index in [1.54, 1.807) is 62.3 Å². The van der Waals surface area contributed by atoms with Crippen LogP contribution in [0.25, 0.3) is 0 Å². The van der Waals surface area contributed by atoms with E-state index < -0.39 is 10.0 Å². The number of amides is 2. The maximum absolute atomic E-state index is 12.7. The molecule has 0 atom stereocenters. The van der Waals surface area contributed by atoms with Crippen molar-refractivity contribution >= 4 is 33.2 Å². The van der Waals surface area contributed by atoms with Crippen molar-refractivity contribution in [3.63, 3.8) is 0 Å². The second-order valence-electron chi connectivity index (χ2n) is 6.98. The van der Waals surface area contributed by atoms with Gasteiger partial charge in [0.25, 0.3) is 15.9 Å². The number of carbonyl (C=O) groups is 2. The molecular formula is C20H23N3O4S. The Balaban J connectivity index is 1.80. The Morgan fingerprint density at radius 1 is 1.11 bits per heavy atom. The van der Waals surface area contributed by atoms with Crippen LogP contribution in [0, 0.1) is 6.92 Å². The standard InChI is InChI=1S/C20H23N3O4S/c1-14-13-17(10-11-18(14)23-12-4-5-19(23)24)28(26,27)21-16-8-6-15(7-9-16)20(25)22(2)3/h6-11,13,21H,4-5,12H2,1-3H3. The maximum atomic E-state index is 12.7. The van der Waals surface area contributed by atoms with Crippen molar-refractivity contribution in [2.75, 3.05) is 30.3 Å². The molecule has 148 valence electrons. The Morgan fingerprint density at radius 3 is 2.32 bits per heavy atom. The third-order valence-electron chi connectivity index (χ3n) is 4.63. The van der Waals surface area contributed by atoms with E-state index in [0.717, 1.165) is 17.7 Å². The first-order valence-corrected chi connectivity index (χ1v) is 10.4. The molecule has 7 nitrogen and oxygen atoms in total. The molecule has 0 aromatic heterocycles. The van der Waals surface area contributed by atoms with Gasteiger partial charge in [-0.2, -0.15) is 0 Å². The number of hydrogen-bond donors (Lipinski definition) is 1. The van der Waals surface area contributed by atoms with Gasteiger partial charge in [0.05, 0.1) is 4.90 Å². The minimum atomic E-state index is -3.79. The number of hydrogen-bond acceptors (Lipinski definition) is 4. The van der Waals surface area contributed by atoms with Gasteiger partial charge >= 0.3 is 0 Å². The number of carbonyl (C=O) groups excluding carboxylic acids is 2. The summed E-state index contributed by atoms with van der Waals surface area (Å²) < 4.78 is 27.9. The normalized spacial score (nSPS) is 14.2. The molecule has 0 radical (unpaired) electrons. The fraction of sp³-hybridized carbons (Fsp3) is 0.300. The monoisotopic (exact) mass is 401 g/mol. The Kier molecular flexibility index (Phi) is 5.42. The van der Waals surface area contributed by atoms with Crippen molar-refractivity contribution in [1.29, 1.82) is 0 Å². The van der Waals surface area contributed by atoms with Crippen LogP contribution in [0.2, 0.25) is 0 Å². The van der Waals surface area contributed by atoms with E-state index >= 15 is 0 Å². The molecule has 2 amide bonds. The number of sulfonamides is 1. The van der Waals surface area contributed by atoms with Gasteiger partial charge in [0.2, 0.25) is 5.91 Å². The summed E-state index contributed by atoms with van der Waals surface area (Å²) in [5.41, 5.74) is 2.31. The van der Waals surface area contributed by atoms with Crippen molar-refractivity contribution in [3.8, 4) is 0 Å². The molecule has 0 saturated carbocycles. The van der Waals surface area contributed by atoms with Gasteiger partial charge in [-0.05, 0) is 61.4 Å². The van der Waals surface area contributed by atoms with E-state index in [9.17, 15) is 18.0 Å². The van der Waals surface area contributed by atoms with Crippen LogP contribution >= 0.6 is 0 Å². The van der Waals surface area contributed by atoms with Crippen LogP contribution in [-0.4, -0.2) is 45.8 Å². The highest BCUT2D eigenvalue weighted by Crippen LogP contribution is 2.28. The summed E-state index contributed by atoms with van der Waals surface area (Å²) in [6, 6.07) is 11.0.